The number of rotatable bonds is 5. The van der Waals surface area contributed by atoms with Gasteiger partial charge in [-0.25, -0.2) is 9.67 Å². The minimum absolute atomic E-state index is 0.237. The normalized spacial score (nSPS) is 22.2. The number of aryl methyl sites for hydroxylation is 1. The summed E-state index contributed by atoms with van der Waals surface area (Å²) >= 11 is 0. The molecule has 0 amide bonds. The maximum Gasteiger partial charge on any atom is 0.216 e. The molecule has 1 saturated heterocycles. The molecule has 192 valence electrons. The SMILES string of the molecule is COc1ncc(-n2nc(-c3ccnc([C@@H](C)N4C[C@@H](C)N(C)[C@@H](C)C4)c3)c3c2CCOCC3)cc1C. The minimum Gasteiger partial charge on any atom is -0.481 e. The van der Waals surface area contributed by atoms with Crippen LogP contribution in [0.15, 0.2) is 30.6 Å². The Kier molecular flexibility index (Phi) is 7.10. The van der Waals surface area contributed by atoms with Gasteiger partial charge in [-0.2, -0.15) is 5.10 Å². The Hall–Kier alpha value is -2.81. The Morgan fingerprint density at radius 1 is 1.08 bits per heavy atom. The average Bonchev–Trinajstić information content (AvgIpc) is 3.07. The second-order valence-corrected chi connectivity index (χ2v) is 10.3. The van der Waals surface area contributed by atoms with E-state index in [9.17, 15) is 0 Å². The number of aromatic nitrogens is 4. The largest absolute Gasteiger partial charge is 0.481 e. The van der Waals surface area contributed by atoms with E-state index in [-0.39, 0.29) is 6.04 Å². The fraction of sp³-hybridized carbons (Fsp3) is 0.536. The van der Waals surface area contributed by atoms with Gasteiger partial charge in [-0.3, -0.25) is 14.8 Å². The summed E-state index contributed by atoms with van der Waals surface area (Å²) in [7, 11) is 3.87. The lowest BCUT2D eigenvalue weighted by Gasteiger charge is -2.44. The second kappa shape index (κ2) is 10.3. The number of piperazine rings is 1. The topological polar surface area (TPSA) is 68.5 Å². The Morgan fingerprint density at radius 2 is 1.83 bits per heavy atom. The van der Waals surface area contributed by atoms with Crippen LogP contribution in [0.1, 0.15) is 49.3 Å². The first-order valence-electron chi connectivity index (χ1n) is 13.0. The molecule has 0 N–H and O–H groups in total. The molecule has 2 aliphatic rings. The lowest BCUT2D eigenvalue weighted by Crippen LogP contribution is -2.55. The molecule has 2 aliphatic heterocycles. The maximum absolute atomic E-state index is 5.85. The van der Waals surface area contributed by atoms with Gasteiger partial charge in [0.25, 0.3) is 0 Å². The van der Waals surface area contributed by atoms with E-state index in [2.05, 4.69) is 60.8 Å². The van der Waals surface area contributed by atoms with Gasteiger partial charge >= 0.3 is 0 Å². The molecule has 0 spiro atoms. The van der Waals surface area contributed by atoms with Gasteiger partial charge in [0.1, 0.15) is 0 Å². The van der Waals surface area contributed by atoms with Crippen molar-refractivity contribution in [2.75, 3.05) is 40.5 Å². The van der Waals surface area contributed by atoms with Crippen LogP contribution in [0.2, 0.25) is 0 Å². The minimum atomic E-state index is 0.237. The van der Waals surface area contributed by atoms with Crippen molar-refractivity contribution in [3.05, 3.63) is 53.1 Å². The van der Waals surface area contributed by atoms with E-state index in [0.717, 1.165) is 54.1 Å². The summed E-state index contributed by atoms with van der Waals surface area (Å²) in [5.41, 5.74) is 7.60. The number of methoxy groups -OCH3 is 1. The molecule has 8 nitrogen and oxygen atoms in total. The van der Waals surface area contributed by atoms with E-state index in [1.54, 1.807) is 7.11 Å². The molecular weight excluding hydrogens is 452 g/mol. The van der Waals surface area contributed by atoms with Crippen LogP contribution in [0.4, 0.5) is 0 Å². The predicted molar refractivity (Wildman–Crippen MR) is 141 cm³/mol. The van der Waals surface area contributed by atoms with Crippen LogP contribution in [0.3, 0.4) is 0 Å². The molecule has 8 heteroatoms. The van der Waals surface area contributed by atoms with Gasteiger partial charge in [0, 0.05) is 60.5 Å². The van der Waals surface area contributed by atoms with Crippen molar-refractivity contribution in [1.29, 1.82) is 0 Å². The summed E-state index contributed by atoms with van der Waals surface area (Å²) in [6.07, 6.45) is 5.43. The van der Waals surface area contributed by atoms with Crippen LogP contribution in [-0.4, -0.2) is 82.1 Å². The van der Waals surface area contributed by atoms with E-state index in [4.69, 9.17) is 19.6 Å². The Morgan fingerprint density at radius 3 is 2.56 bits per heavy atom. The number of hydrogen-bond donors (Lipinski definition) is 0. The molecular formula is C28H38N6O2. The molecule has 0 radical (unpaired) electrons. The van der Waals surface area contributed by atoms with Gasteiger partial charge in [-0.15, -0.1) is 0 Å². The third kappa shape index (κ3) is 4.65. The van der Waals surface area contributed by atoms with Crippen molar-refractivity contribution < 1.29 is 9.47 Å². The highest BCUT2D eigenvalue weighted by molar-refractivity contribution is 5.65. The fourth-order valence-electron chi connectivity index (χ4n) is 5.55. The van der Waals surface area contributed by atoms with Crippen molar-refractivity contribution in [1.82, 2.24) is 29.5 Å². The molecule has 3 aromatic heterocycles. The third-order valence-electron chi connectivity index (χ3n) is 7.94. The van der Waals surface area contributed by atoms with E-state index in [1.807, 2.05) is 24.0 Å². The molecule has 5 heterocycles. The number of nitrogens with zero attached hydrogens (tertiary/aromatic N) is 6. The molecule has 0 unspecified atom stereocenters. The summed E-state index contributed by atoms with van der Waals surface area (Å²) in [5.74, 6) is 0.640. The summed E-state index contributed by atoms with van der Waals surface area (Å²) < 4.78 is 13.3. The van der Waals surface area contributed by atoms with Gasteiger partial charge in [0.2, 0.25) is 5.88 Å². The van der Waals surface area contributed by atoms with Gasteiger partial charge < -0.3 is 9.47 Å². The molecule has 0 aromatic carbocycles. The number of likely N-dealkylation sites (N-methyl/N-ethyl adjacent to an activating group) is 1. The summed E-state index contributed by atoms with van der Waals surface area (Å²) in [4.78, 5) is 14.3. The summed E-state index contributed by atoms with van der Waals surface area (Å²) in [5, 5.41) is 5.15. The van der Waals surface area contributed by atoms with E-state index in [0.29, 0.717) is 31.2 Å². The van der Waals surface area contributed by atoms with Gasteiger partial charge in [-0.05, 0) is 59.4 Å². The fourth-order valence-corrected chi connectivity index (χ4v) is 5.55. The van der Waals surface area contributed by atoms with Gasteiger partial charge in [0.05, 0.1) is 49.3 Å². The summed E-state index contributed by atoms with van der Waals surface area (Å²) in [6, 6.07) is 7.68. The molecule has 5 rings (SSSR count). The molecule has 0 saturated carbocycles. The zero-order valence-corrected chi connectivity index (χ0v) is 22.4. The van der Waals surface area contributed by atoms with Crippen molar-refractivity contribution >= 4 is 0 Å². The summed E-state index contributed by atoms with van der Waals surface area (Å²) in [6.45, 7) is 12.4. The first-order valence-corrected chi connectivity index (χ1v) is 13.0. The standard InChI is InChI=1S/C28H38N6O2/c1-18-13-23(15-30-28(18)35-6)34-26-9-12-36-11-8-24(26)27(31-34)22-7-10-29-25(14-22)21(4)33-16-19(2)32(5)20(3)17-33/h7,10,13-15,19-21H,8-9,11-12,16-17H2,1-6H3/t19-,20+,21-/m1/s1. The van der Waals surface area contributed by atoms with Crippen molar-refractivity contribution in [2.24, 2.45) is 0 Å². The van der Waals surface area contributed by atoms with Crippen molar-refractivity contribution in [3.8, 4) is 22.8 Å². The Labute approximate surface area is 214 Å². The number of ether oxygens (including phenoxy) is 2. The maximum atomic E-state index is 5.85. The average molecular weight is 491 g/mol. The van der Waals surface area contributed by atoms with Crippen molar-refractivity contribution in [3.63, 3.8) is 0 Å². The number of hydrogen-bond acceptors (Lipinski definition) is 7. The molecule has 3 aromatic rings. The first kappa shape index (κ1) is 24.9. The van der Waals surface area contributed by atoms with E-state index >= 15 is 0 Å². The Bertz CT molecular complexity index is 1210. The molecule has 1 fully saturated rings. The first-order chi connectivity index (χ1) is 17.4. The third-order valence-corrected chi connectivity index (χ3v) is 7.94. The van der Waals surface area contributed by atoms with E-state index < -0.39 is 0 Å². The van der Waals surface area contributed by atoms with Crippen LogP contribution in [0.25, 0.3) is 16.9 Å². The van der Waals surface area contributed by atoms with Crippen molar-refractivity contribution in [2.45, 2.75) is 58.7 Å². The second-order valence-electron chi connectivity index (χ2n) is 10.3. The highest BCUT2D eigenvalue weighted by Gasteiger charge is 2.30. The molecule has 3 atom stereocenters. The smallest absolute Gasteiger partial charge is 0.216 e. The van der Waals surface area contributed by atoms with Crippen LogP contribution in [-0.2, 0) is 17.6 Å². The molecule has 0 bridgehead atoms. The quantitative estimate of drug-likeness (QED) is 0.538. The zero-order valence-electron chi connectivity index (χ0n) is 22.4. The number of pyridine rings is 2. The van der Waals surface area contributed by atoms with Gasteiger partial charge in [0.15, 0.2) is 0 Å². The van der Waals surface area contributed by atoms with Crippen LogP contribution in [0.5, 0.6) is 5.88 Å². The Balaban J connectivity index is 1.52. The van der Waals surface area contributed by atoms with Crippen LogP contribution >= 0.6 is 0 Å². The van der Waals surface area contributed by atoms with Crippen LogP contribution in [0, 0.1) is 6.92 Å². The van der Waals surface area contributed by atoms with Crippen LogP contribution < -0.4 is 4.74 Å². The predicted octanol–water partition coefficient (Wildman–Crippen LogP) is 3.85. The highest BCUT2D eigenvalue weighted by atomic mass is 16.5. The lowest BCUT2D eigenvalue weighted by atomic mass is 10.0. The molecule has 0 aliphatic carbocycles. The highest BCUT2D eigenvalue weighted by Crippen LogP contribution is 2.32. The molecule has 36 heavy (non-hydrogen) atoms. The van der Waals surface area contributed by atoms with E-state index in [1.165, 1.54) is 11.3 Å². The number of fused-ring (bicyclic) bond motifs is 1. The van der Waals surface area contributed by atoms with Gasteiger partial charge in [-0.1, -0.05) is 0 Å². The zero-order chi connectivity index (χ0) is 25.4. The monoisotopic (exact) mass is 490 g/mol. The lowest BCUT2D eigenvalue weighted by molar-refractivity contribution is 0.0367.